The van der Waals surface area contributed by atoms with Gasteiger partial charge in [0.25, 0.3) is 0 Å². The van der Waals surface area contributed by atoms with Crippen LogP contribution < -0.4 is 31.9 Å². The molecule has 6 rings (SSSR count). The van der Waals surface area contributed by atoms with Gasteiger partial charge in [0.15, 0.2) is 0 Å². The zero-order valence-electron chi connectivity index (χ0n) is 44.8. The predicted octanol–water partition coefficient (Wildman–Crippen LogP) is 3.87. The average Bonchev–Trinajstić information content (AvgIpc) is 3.83. The molecule has 3 aromatic rings. The van der Waals surface area contributed by atoms with E-state index >= 15 is 4.79 Å². The number of amides is 6. The first-order chi connectivity index (χ1) is 34.6. The summed E-state index contributed by atoms with van der Waals surface area (Å²) in [4.78, 5) is 89.4. The summed E-state index contributed by atoms with van der Waals surface area (Å²) in [5.74, 6) is -2.20. The summed E-state index contributed by atoms with van der Waals surface area (Å²) in [5.41, 5.74) is 4.62. The van der Waals surface area contributed by atoms with Crippen molar-refractivity contribution in [1.82, 2.24) is 41.7 Å². The van der Waals surface area contributed by atoms with E-state index in [0.29, 0.717) is 19.4 Å². The summed E-state index contributed by atoms with van der Waals surface area (Å²) < 4.78 is 5.75. The van der Waals surface area contributed by atoms with E-state index in [1.165, 1.54) is 11.1 Å². The third-order valence-electron chi connectivity index (χ3n) is 15.0. The van der Waals surface area contributed by atoms with E-state index in [1.54, 1.807) is 37.7 Å². The number of hydrogen-bond donors (Lipinski definition) is 7. The number of fused-ring (bicyclic) bond motifs is 2. The Morgan fingerprint density at radius 2 is 1.34 bits per heavy atom. The first-order valence-corrected chi connectivity index (χ1v) is 26.2. The molecule has 6 amide bonds. The van der Waals surface area contributed by atoms with Gasteiger partial charge >= 0.3 is 0 Å². The number of likely N-dealkylation sites (tertiary alicyclic amines) is 1. The second-order valence-electron chi connectivity index (χ2n) is 22.5. The van der Waals surface area contributed by atoms with Crippen molar-refractivity contribution >= 4 is 35.4 Å². The number of aliphatic hydroxyl groups excluding tert-OH is 1. The normalized spacial score (nSPS) is 20.9. The van der Waals surface area contributed by atoms with Crippen LogP contribution in [0, 0.1) is 10.8 Å². The van der Waals surface area contributed by atoms with Crippen LogP contribution >= 0.6 is 0 Å². The van der Waals surface area contributed by atoms with Crippen molar-refractivity contribution in [1.29, 1.82) is 0 Å². The van der Waals surface area contributed by atoms with Gasteiger partial charge < -0.3 is 51.5 Å². The van der Waals surface area contributed by atoms with Crippen molar-refractivity contribution in [3.8, 4) is 0 Å². The highest BCUT2D eigenvalue weighted by molar-refractivity contribution is 5.95. The van der Waals surface area contributed by atoms with Crippen LogP contribution in [0.1, 0.15) is 120 Å². The molecule has 4 unspecified atom stereocenters. The topological polar surface area (TPSA) is 211 Å². The molecular formula is C57H82N8O8. The van der Waals surface area contributed by atoms with E-state index in [4.69, 9.17) is 4.74 Å². The van der Waals surface area contributed by atoms with Gasteiger partial charge in [0, 0.05) is 37.9 Å². The first-order valence-electron chi connectivity index (χ1n) is 26.2. The molecule has 0 spiro atoms. The Balaban J connectivity index is 1.34. The maximum absolute atomic E-state index is 15.1. The molecule has 0 bridgehead atoms. The number of aryl methyl sites for hydroxylation is 1. The van der Waals surface area contributed by atoms with E-state index in [9.17, 15) is 29.1 Å². The number of nitrogens with one attached hydrogen (secondary N) is 6. The molecule has 1 fully saturated rings. The summed E-state index contributed by atoms with van der Waals surface area (Å²) in [6.45, 7) is 15.5. The average molecular weight is 1010 g/mol. The second kappa shape index (κ2) is 25.0. The molecule has 16 heteroatoms. The summed E-state index contributed by atoms with van der Waals surface area (Å²) in [6.07, 6.45) is 3.93. The fraction of sp³-hybridized carbons (Fsp3) is 0.579. The molecule has 1 saturated heterocycles. The molecule has 1 aliphatic carbocycles. The number of likely N-dealkylation sites (N-methyl/N-ethyl adjacent to an activating group) is 2. The molecule has 398 valence electrons. The molecule has 0 aromatic heterocycles. The molecule has 2 aliphatic heterocycles. The summed E-state index contributed by atoms with van der Waals surface area (Å²) >= 11 is 0. The Bertz CT molecular complexity index is 2400. The maximum atomic E-state index is 15.1. The van der Waals surface area contributed by atoms with Crippen molar-refractivity contribution in [2.24, 2.45) is 10.8 Å². The SMILES string of the molecule is CN[C@@H](C)C(=O)NC(C(=O)N1Cc2cc(C3C[C@@H](C(=O)NC[C@@H]4CCCc5ccccc54)N(C(=O)[C@@H](NC(=O)[C@H](C)NC)C(C)(C)C)C3)ccc2CC1C(=O)NC(COCCO)Cc1ccccc1)C(C)(C)C. The molecule has 0 saturated carbocycles. The van der Waals surface area contributed by atoms with Gasteiger partial charge in [0.2, 0.25) is 35.4 Å². The standard InChI is InChI=1S/C57H82N8O8/c1-35(58-9)50(67)62-48(56(3,4)5)54(71)64-33-43(30-46(64)52(69)60-31-41-21-16-20-38-19-14-15-22-45(38)41)39-23-24-40-29-47(53(70)61-44(34-73-26-25-66)27-37-17-12-11-13-18-37)65(32-42(40)28-39)55(72)49(57(6,7)8)63-51(68)36(2)59-10/h11-15,17-19,22-24,28,35-36,41,43-44,46-49,58-59,66H,16,20-21,25-27,29-34H2,1-10H3,(H,60,69)(H,61,70)(H,62,67)(H,63,68)/t35-,36-,41-,43?,44?,46-,47?,48+,49?/m0/s1. The molecule has 3 aromatic carbocycles. The highest BCUT2D eigenvalue weighted by Gasteiger charge is 2.47. The van der Waals surface area contributed by atoms with Gasteiger partial charge in [-0.15, -0.1) is 0 Å². The largest absolute Gasteiger partial charge is 0.394 e. The smallest absolute Gasteiger partial charge is 0.246 e. The van der Waals surface area contributed by atoms with Crippen molar-refractivity contribution in [3.05, 3.63) is 106 Å². The van der Waals surface area contributed by atoms with Crippen LogP contribution in [0.25, 0.3) is 0 Å². The number of aliphatic hydroxyl groups is 1. The number of nitrogens with zero attached hydrogens (tertiary/aromatic N) is 2. The van der Waals surface area contributed by atoms with Crippen LogP contribution in [0.4, 0.5) is 0 Å². The van der Waals surface area contributed by atoms with Gasteiger partial charge in [-0.2, -0.15) is 0 Å². The fourth-order valence-corrected chi connectivity index (χ4v) is 10.4. The monoisotopic (exact) mass is 1010 g/mol. The highest BCUT2D eigenvalue weighted by Crippen LogP contribution is 2.38. The van der Waals surface area contributed by atoms with Gasteiger partial charge in [-0.1, -0.05) is 114 Å². The Labute approximate surface area is 432 Å². The van der Waals surface area contributed by atoms with Crippen LogP contribution in [0.2, 0.25) is 0 Å². The molecule has 3 aliphatic rings. The third-order valence-corrected chi connectivity index (χ3v) is 15.0. The second-order valence-corrected chi connectivity index (χ2v) is 22.5. The van der Waals surface area contributed by atoms with Crippen LogP contribution in [-0.4, -0.2) is 140 Å². The number of benzene rings is 3. The third kappa shape index (κ3) is 14.3. The minimum Gasteiger partial charge on any atom is -0.394 e. The Hall–Kier alpha value is -5.68. The molecule has 2 heterocycles. The van der Waals surface area contributed by atoms with E-state index in [0.717, 1.165) is 41.5 Å². The summed E-state index contributed by atoms with van der Waals surface area (Å²) in [6, 6.07) is 18.7. The molecular weight excluding hydrogens is 925 g/mol. The first kappa shape index (κ1) is 56.6. The minimum absolute atomic E-state index is 0.0540. The lowest BCUT2D eigenvalue weighted by atomic mass is 9.83. The number of hydrogen-bond acceptors (Lipinski definition) is 10. The number of ether oxygens (including phenoxy) is 1. The number of carbonyl (C=O) groups is 6. The molecule has 9 atom stereocenters. The summed E-state index contributed by atoms with van der Waals surface area (Å²) in [5, 5.41) is 27.8. The van der Waals surface area contributed by atoms with Crippen LogP contribution in [0.5, 0.6) is 0 Å². The van der Waals surface area contributed by atoms with E-state index in [2.05, 4.69) is 44.0 Å². The zero-order valence-corrected chi connectivity index (χ0v) is 44.8. The van der Waals surface area contributed by atoms with Gasteiger partial charge in [0.1, 0.15) is 24.2 Å². The predicted molar refractivity (Wildman–Crippen MR) is 282 cm³/mol. The number of carbonyl (C=O) groups excluding carboxylic acids is 6. The minimum atomic E-state index is -0.994. The van der Waals surface area contributed by atoms with Gasteiger partial charge in [-0.3, -0.25) is 28.8 Å². The van der Waals surface area contributed by atoms with Gasteiger partial charge in [-0.25, -0.2) is 0 Å². The van der Waals surface area contributed by atoms with Crippen LogP contribution in [0.15, 0.2) is 72.8 Å². The summed E-state index contributed by atoms with van der Waals surface area (Å²) in [7, 11) is 3.36. The lowest BCUT2D eigenvalue weighted by molar-refractivity contribution is -0.147. The van der Waals surface area contributed by atoms with Crippen LogP contribution in [-0.2, 0) is 59.3 Å². The van der Waals surface area contributed by atoms with Crippen LogP contribution in [0.3, 0.4) is 0 Å². The van der Waals surface area contributed by atoms with E-state index in [-0.39, 0.29) is 80.7 Å². The van der Waals surface area contributed by atoms with Crippen molar-refractivity contribution in [2.45, 2.75) is 155 Å². The van der Waals surface area contributed by atoms with Gasteiger partial charge in [0.05, 0.1) is 37.9 Å². The molecule has 7 N–H and O–H groups in total. The lowest BCUT2D eigenvalue weighted by Gasteiger charge is -2.41. The highest BCUT2D eigenvalue weighted by atomic mass is 16.5. The fourth-order valence-electron chi connectivity index (χ4n) is 10.4. The maximum Gasteiger partial charge on any atom is 0.246 e. The van der Waals surface area contributed by atoms with Gasteiger partial charge in [-0.05, 0) is 104 Å². The zero-order chi connectivity index (χ0) is 53.2. The van der Waals surface area contributed by atoms with Crippen molar-refractivity contribution in [2.75, 3.05) is 47.0 Å². The molecule has 73 heavy (non-hydrogen) atoms. The Morgan fingerprint density at radius 1 is 0.726 bits per heavy atom. The quantitative estimate of drug-likeness (QED) is 0.0813. The van der Waals surface area contributed by atoms with E-state index in [1.807, 2.05) is 102 Å². The Kier molecular flexibility index (Phi) is 19.4. The van der Waals surface area contributed by atoms with Crippen molar-refractivity contribution < 1.29 is 38.6 Å². The molecule has 0 radical (unpaired) electrons. The molecule has 16 nitrogen and oxygen atoms in total. The van der Waals surface area contributed by atoms with Crippen molar-refractivity contribution in [3.63, 3.8) is 0 Å². The lowest BCUT2D eigenvalue weighted by Crippen LogP contribution is -2.62. The Morgan fingerprint density at radius 3 is 1.96 bits per heavy atom. The number of rotatable bonds is 20. The van der Waals surface area contributed by atoms with E-state index < -0.39 is 59.0 Å².